The van der Waals surface area contributed by atoms with Crippen molar-refractivity contribution in [2.24, 2.45) is 5.41 Å². The predicted molar refractivity (Wildman–Crippen MR) is 113 cm³/mol. The summed E-state index contributed by atoms with van der Waals surface area (Å²) in [5.74, 6) is -2.57. The van der Waals surface area contributed by atoms with Crippen LogP contribution in [0.3, 0.4) is 0 Å². The lowest BCUT2D eigenvalue weighted by Crippen LogP contribution is -2.48. The monoisotopic (exact) mass is 478 g/mol. The van der Waals surface area contributed by atoms with Crippen LogP contribution in [-0.4, -0.2) is 89.7 Å². The third-order valence-electron chi connectivity index (χ3n) is 5.22. The molecule has 1 aromatic rings. The highest BCUT2D eigenvalue weighted by Crippen LogP contribution is 2.35. The summed E-state index contributed by atoms with van der Waals surface area (Å²) in [5, 5.41) is 14.4. The first-order valence-electron chi connectivity index (χ1n) is 10.1. The summed E-state index contributed by atoms with van der Waals surface area (Å²) in [6.45, 7) is 8.57. The number of carboxylic acids is 1. The summed E-state index contributed by atoms with van der Waals surface area (Å²) >= 11 is 1.71. The highest BCUT2D eigenvalue weighted by molar-refractivity contribution is 7.07. The van der Waals surface area contributed by atoms with Crippen LogP contribution in [0, 0.1) is 5.41 Å². The van der Waals surface area contributed by atoms with Crippen molar-refractivity contribution in [1.29, 1.82) is 0 Å². The molecule has 1 unspecified atom stereocenters. The van der Waals surface area contributed by atoms with Crippen LogP contribution in [0.25, 0.3) is 0 Å². The van der Waals surface area contributed by atoms with E-state index < -0.39 is 12.1 Å². The Kier molecular flexibility index (Phi) is 8.52. The zero-order valence-corrected chi connectivity index (χ0v) is 19.1. The van der Waals surface area contributed by atoms with Gasteiger partial charge in [0, 0.05) is 64.2 Å². The van der Waals surface area contributed by atoms with E-state index in [9.17, 15) is 22.8 Å². The van der Waals surface area contributed by atoms with Gasteiger partial charge in [0.25, 0.3) is 0 Å². The van der Waals surface area contributed by atoms with Gasteiger partial charge in [-0.05, 0) is 36.2 Å². The normalized spacial score (nSPS) is 22.0. The standard InChI is InChI=1S/C18H28N4O2S.C2HF3O2/c1-14(2)19-17(24)22-6-5-21(9-15-4-7-25-10-15)12-18(13-22)8-16(23)20(3)11-18;3-2(4,5)1(6)7/h4,7,10,14H,5-6,8-9,11-13H2,1-3H3,(H,19,24);(H,6,7). The summed E-state index contributed by atoms with van der Waals surface area (Å²) in [5.41, 5.74) is 1.13. The molecule has 3 amide bonds. The highest BCUT2D eigenvalue weighted by Gasteiger charge is 2.46. The number of nitrogens with zero attached hydrogens (tertiary/aromatic N) is 3. The van der Waals surface area contributed by atoms with Crippen molar-refractivity contribution >= 4 is 29.2 Å². The molecule has 2 aliphatic heterocycles. The molecule has 12 heteroatoms. The SMILES string of the molecule is CC(C)NC(=O)N1CCN(Cc2ccsc2)CC2(CC(=O)N(C)C2)C1.O=C(O)C(F)(F)F. The van der Waals surface area contributed by atoms with Gasteiger partial charge in [-0.2, -0.15) is 24.5 Å². The summed E-state index contributed by atoms with van der Waals surface area (Å²) < 4.78 is 31.7. The molecule has 2 saturated heterocycles. The molecular formula is C20H29F3N4O4S. The minimum atomic E-state index is -5.08. The molecule has 32 heavy (non-hydrogen) atoms. The number of alkyl halides is 3. The number of carbonyl (C=O) groups is 3. The van der Waals surface area contributed by atoms with Crippen molar-refractivity contribution in [2.45, 2.75) is 39.0 Å². The second kappa shape index (κ2) is 10.5. The quantitative estimate of drug-likeness (QED) is 0.696. The minimum Gasteiger partial charge on any atom is -0.475 e. The Morgan fingerprint density at radius 1 is 1.25 bits per heavy atom. The van der Waals surface area contributed by atoms with E-state index in [1.54, 1.807) is 11.3 Å². The minimum absolute atomic E-state index is 0.0197. The van der Waals surface area contributed by atoms with Crippen LogP contribution in [-0.2, 0) is 16.1 Å². The topological polar surface area (TPSA) is 93.2 Å². The predicted octanol–water partition coefficient (Wildman–Crippen LogP) is 2.47. The van der Waals surface area contributed by atoms with Gasteiger partial charge < -0.3 is 20.2 Å². The molecule has 2 aliphatic rings. The van der Waals surface area contributed by atoms with Crippen LogP contribution in [0.2, 0.25) is 0 Å². The molecule has 180 valence electrons. The first-order valence-corrected chi connectivity index (χ1v) is 11.1. The van der Waals surface area contributed by atoms with E-state index in [4.69, 9.17) is 9.90 Å². The van der Waals surface area contributed by atoms with E-state index >= 15 is 0 Å². The molecule has 3 rings (SSSR count). The number of aliphatic carboxylic acids is 1. The fourth-order valence-electron chi connectivity index (χ4n) is 3.95. The van der Waals surface area contributed by atoms with Gasteiger partial charge >= 0.3 is 18.2 Å². The Labute approximate surface area is 189 Å². The van der Waals surface area contributed by atoms with Gasteiger partial charge in [-0.25, -0.2) is 9.59 Å². The number of urea groups is 1. The van der Waals surface area contributed by atoms with Crippen LogP contribution in [0.4, 0.5) is 18.0 Å². The van der Waals surface area contributed by atoms with E-state index in [1.165, 1.54) is 5.56 Å². The maximum Gasteiger partial charge on any atom is 0.490 e. The van der Waals surface area contributed by atoms with Crippen molar-refractivity contribution in [3.05, 3.63) is 22.4 Å². The van der Waals surface area contributed by atoms with Gasteiger partial charge in [-0.15, -0.1) is 0 Å². The number of thiophene rings is 1. The zero-order chi connectivity index (χ0) is 24.1. The summed E-state index contributed by atoms with van der Waals surface area (Å²) in [6.07, 6.45) is -4.56. The molecule has 8 nitrogen and oxygen atoms in total. The van der Waals surface area contributed by atoms with Gasteiger partial charge in [0.05, 0.1) is 0 Å². The summed E-state index contributed by atoms with van der Waals surface area (Å²) in [4.78, 5) is 39.8. The number of carboxylic acid groups (broad SMARTS) is 1. The first kappa shape index (κ1) is 25.9. The number of hydrogen-bond acceptors (Lipinski definition) is 5. The average Bonchev–Trinajstić information content (AvgIpc) is 3.20. The lowest BCUT2D eigenvalue weighted by molar-refractivity contribution is -0.192. The highest BCUT2D eigenvalue weighted by atomic mass is 32.1. The van der Waals surface area contributed by atoms with Crippen molar-refractivity contribution in [3.63, 3.8) is 0 Å². The van der Waals surface area contributed by atoms with Crippen LogP contribution in [0.1, 0.15) is 25.8 Å². The largest absolute Gasteiger partial charge is 0.490 e. The van der Waals surface area contributed by atoms with E-state index in [0.717, 1.165) is 26.2 Å². The number of amides is 3. The van der Waals surface area contributed by atoms with Crippen LogP contribution in [0.5, 0.6) is 0 Å². The molecule has 0 bridgehead atoms. The van der Waals surface area contributed by atoms with Gasteiger partial charge in [0.15, 0.2) is 0 Å². The van der Waals surface area contributed by atoms with Crippen molar-refractivity contribution in [2.75, 3.05) is 39.8 Å². The number of rotatable bonds is 3. The summed E-state index contributed by atoms with van der Waals surface area (Å²) in [6, 6.07) is 2.24. The second-order valence-electron chi connectivity index (χ2n) is 8.60. The number of halogens is 3. The fraction of sp³-hybridized carbons (Fsp3) is 0.650. The van der Waals surface area contributed by atoms with Gasteiger partial charge in [-0.3, -0.25) is 9.69 Å². The van der Waals surface area contributed by atoms with Crippen molar-refractivity contribution < 1.29 is 32.7 Å². The van der Waals surface area contributed by atoms with Crippen molar-refractivity contribution in [3.8, 4) is 0 Å². The van der Waals surface area contributed by atoms with E-state index in [2.05, 4.69) is 27.0 Å². The second-order valence-corrected chi connectivity index (χ2v) is 9.38. The van der Waals surface area contributed by atoms with E-state index in [1.807, 2.05) is 30.7 Å². The molecule has 2 fully saturated rings. The Balaban J connectivity index is 0.000000451. The van der Waals surface area contributed by atoms with Gasteiger partial charge in [0.2, 0.25) is 5.91 Å². The molecule has 1 spiro atoms. The summed E-state index contributed by atoms with van der Waals surface area (Å²) in [7, 11) is 1.86. The Morgan fingerprint density at radius 3 is 2.38 bits per heavy atom. The lowest BCUT2D eigenvalue weighted by Gasteiger charge is -2.33. The van der Waals surface area contributed by atoms with Gasteiger partial charge in [-0.1, -0.05) is 0 Å². The number of nitrogens with one attached hydrogen (secondary N) is 1. The van der Waals surface area contributed by atoms with Crippen LogP contribution in [0.15, 0.2) is 16.8 Å². The molecular weight excluding hydrogens is 449 g/mol. The van der Waals surface area contributed by atoms with E-state index in [0.29, 0.717) is 19.5 Å². The molecule has 3 heterocycles. The Morgan fingerprint density at radius 2 is 1.91 bits per heavy atom. The first-order chi connectivity index (χ1) is 14.8. The Hall–Kier alpha value is -2.34. The average molecular weight is 479 g/mol. The molecule has 1 aromatic heterocycles. The maximum atomic E-state index is 12.6. The Bertz CT molecular complexity index is 803. The molecule has 0 radical (unpaired) electrons. The van der Waals surface area contributed by atoms with Crippen molar-refractivity contribution in [1.82, 2.24) is 20.0 Å². The van der Waals surface area contributed by atoms with Gasteiger partial charge in [0.1, 0.15) is 0 Å². The molecule has 2 N–H and O–H groups in total. The third kappa shape index (κ3) is 7.37. The molecule has 0 aromatic carbocycles. The molecule has 0 aliphatic carbocycles. The number of hydrogen-bond donors (Lipinski definition) is 2. The zero-order valence-electron chi connectivity index (χ0n) is 18.3. The lowest BCUT2D eigenvalue weighted by atomic mass is 9.86. The molecule has 0 saturated carbocycles. The maximum absolute atomic E-state index is 12.6. The number of carbonyl (C=O) groups excluding carboxylic acids is 2. The van der Waals surface area contributed by atoms with Crippen LogP contribution < -0.4 is 5.32 Å². The smallest absolute Gasteiger partial charge is 0.475 e. The number of likely N-dealkylation sites (tertiary alicyclic amines) is 1. The van der Waals surface area contributed by atoms with E-state index in [-0.39, 0.29) is 23.4 Å². The molecule has 1 atom stereocenters. The van der Waals surface area contributed by atoms with Crippen LogP contribution >= 0.6 is 11.3 Å². The third-order valence-corrected chi connectivity index (χ3v) is 5.96. The fourth-order valence-corrected chi connectivity index (χ4v) is 4.61.